The molecule has 0 radical (unpaired) electrons. The fourth-order valence-electron chi connectivity index (χ4n) is 2.44. The number of carbonyl (C=O) groups is 1. The number of nitrogens with one attached hydrogen (secondary N) is 1. The topological polar surface area (TPSA) is 102 Å². The summed E-state index contributed by atoms with van der Waals surface area (Å²) in [7, 11) is 1.91. The highest BCUT2D eigenvalue weighted by Crippen LogP contribution is 2.22. The van der Waals surface area contributed by atoms with Gasteiger partial charge in [0, 0.05) is 37.2 Å². The number of aromatic nitrogens is 1. The van der Waals surface area contributed by atoms with Gasteiger partial charge < -0.3 is 14.7 Å². The summed E-state index contributed by atoms with van der Waals surface area (Å²) in [6.45, 7) is 6.73. The standard InChI is InChI=1S/C17H22N4O4/c1-11-5-6-14(21(23)24)9-16(11)18-17(22)7-8-20(4)10-15-12(2)19-25-13(15)3/h5-6,9H,7-8,10H2,1-4H3,(H,18,22). The van der Waals surface area contributed by atoms with Gasteiger partial charge in [-0.25, -0.2) is 0 Å². The molecular weight excluding hydrogens is 324 g/mol. The minimum absolute atomic E-state index is 0.0450. The molecule has 1 aromatic heterocycles. The Hall–Kier alpha value is -2.74. The van der Waals surface area contributed by atoms with E-state index in [0.29, 0.717) is 18.8 Å². The molecule has 1 amide bonds. The van der Waals surface area contributed by atoms with E-state index in [4.69, 9.17) is 4.52 Å². The zero-order chi connectivity index (χ0) is 18.6. The van der Waals surface area contributed by atoms with Crippen molar-refractivity contribution in [1.82, 2.24) is 10.1 Å². The van der Waals surface area contributed by atoms with Crippen LogP contribution in [0.2, 0.25) is 0 Å². The number of anilines is 1. The molecule has 25 heavy (non-hydrogen) atoms. The van der Waals surface area contributed by atoms with Crippen LogP contribution in [0.5, 0.6) is 0 Å². The van der Waals surface area contributed by atoms with Gasteiger partial charge >= 0.3 is 0 Å². The van der Waals surface area contributed by atoms with Gasteiger partial charge in [-0.1, -0.05) is 11.2 Å². The first-order valence-electron chi connectivity index (χ1n) is 7.93. The van der Waals surface area contributed by atoms with Crippen molar-refractivity contribution in [2.24, 2.45) is 0 Å². The lowest BCUT2D eigenvalue weighted by molar-refractivity contribution is -0.384. The number of rotatable bonds is 7. The van der Waals surface area contributed by atoms with Crippen molar-refractivity contribution in [3.8, 4) is 0 Å². The molecule has 0 aliphatic rings. The maximum Gasteiger partial charge on any atom is 0.271 e. The fourth-order valence-corrected chi connectivity index (χ4v) is 2.44. The Morgan fingerprint density at radius 2 is 2.08 bits per heavy atom. The monoisotopic (exact) mass is 346 g/mol. The molecule has 1 N–H and O–H groups in total. The predicted octanol–water partition coefficient (Wildman–Crippen LogP) is 2.97. The third kappa shape index (κ3) is 4.87. The van der Waals surface area contributed by atoms with Crippen molar-refractivity contribution in [3.05, 3.63) is 50.9 Å². The predicted molar refractivity (Wildman–Crippen MR) is 93.4 cm³/mol. The van der Waals surface area contributed by atoms with Crippen LogP contribution in [0.25, 0.3) is 0 Å². The van der Waals surface area contributed by atoms with Gasteiger partial charge in [-0.3, -0.25) is 14.9 Å². The van der Waals surface area contributed by atoms with Gasteiger partial charge in [0.1, 0.15) is 5.76 Å². The SMILES string of the molecule is Cc1ccc([N+](=O)[O-])cc1NC(=O)CCN(C)Cc1c(C)noc1C. The average molecular weight is 346 g/mol. The second-order valence-corrected chi connectivity index (χ2v) is 6.10. The number of hydrogen-bond acceptors (Lipinski definition) is 6. The van der Waals surface area contributed by atoms with E-state index < -0.39 is 4.92 Å². The van der Waals surface area contributed by atoms with Crippen molar-refractivity contribution in [1.29, 1.82) is 0 Å². The molecule has 8 heteroatoms. The molecule has 2 rings (SSSR count). The van der Waals surface area contributed by atoms with Gasteiger partial charge in [0.25, 0.3) is 5.69 Å². The number of non-ortho nitro benzene ring substituents is 1. The van der Waals surface area contributed by atoms with E-state index >= 15 is 0 Å². The molecule has 0 aliphatic carbocycles. The van der Waals surface area contributed by atoms with Gasteiger partial charge in [0.2, 0.25) is 5.91 Å². The highest BCUT2D eigenvalue weighted by Gasteiger charge is 2.14. The summed E-state index contributed by atoms with van der Waals surface area (Å²) in [5, 5.41) is 17.5. The highest BCUT2D eigenvalue weighted by atomic mass is 16.6. The summed E-state index contributed by atoms with van der Waals surface area (Å²) in [5.74, 6) is 0.593. The van der Waals surface area contributed by atoms with Crippen molar-refractivity contribution in [2.45, 2.75) is 33.7 Å². The summed E-state index contributed by atoms with van der Waals surface area (Å²) >= 11 is 0. The van der Waals surface area contributed by atoms with E-state index in [1.54, 1.807) is 13.0 Å². The summed E-state index contributed by atoms with van der Waals surface area (Å²) in [6.07, 6.45) is 0.280. The van der Waals surface area contributed by atoms with Crippen LogP contribution in [-0.4, -0.2) is 34.5 Å². The van der Waals surface area contributed by atoms with Gasteiger partial charge in [-0.05, 0) is 33.4 Å². The van der Waals surface area contributed by atoms with Gasteiger partial charge in [-0.15, -0.1) is 0 Å². The Morgan fingerprint density at radius 1 is 1.36 bits per heavy atom. The molecule has 8 nitrogen and oxygen atoms in total. The molecule has 2 aromatic rings. The Morgan fingerprint density at radius 3 is 2.68 bits per heavy atom. The first kappa shape index (κ1) is 18.6. The van der Waals surface area contributed by atoms with Gasteiger partial charge in [0.05, 0.1) is 16.3 Å². The van der Waals surface area contributed by atoms with Crippen LogP contribution in [0.3, 0.4) is 0 Å². The van der Waals surface area contributed by atoms with Crippen molar-refractivity contribution >= 4 is 17.3 Å². The molecular formula is C17H22N4O4. The third-order valence-corrected chi connectivity index (χ3v) is 4.04. The molecule has 1 aromatic carbocycles. The number of benzene rings is 1. The summed E-state index contributed by atoms with van der Waals surface area (Å²) in [6, 6.07) is 4.42. The van der Waals surface area contributed by atoms with Gasteiger partial charge in [-0.2, -0.15) is 0 Å². The number of carbonyl (C=O) groups excluding carboxylic acids is 1. The summed E-state index contributed by atoms with van der Waals surface area (Å²) in [5.41, 5.74) is 3.07. The number of nitro groups is 1. The van der Waals surface area contributed by atoms with E-state index in [9.17, 15) is 14.9 Å². The van der Waals surface area contributed by atoms with E-state index in [1.807, 2.05) is 25.8 Å². The third-order valence-electron chi connectivity index (χ3n) is 4.04. The molecule has 134 valence electrons. The molecule has 0 spiro atoms. The zero-order valence-electron chi connectivity index (χ0n) is 14.8. The van der Waals surface area contributed by atoms with Crippen molar-refractivity contribution in [3.63, 3.8) is 0 Å². The minimum Gasteiger partial charge on any atom is -0.361 e. The molecule has 0 saturated heterocycles. The number of nitrogens with zero attached hydrogens (tertiary/aromatic N) is 3. The van der Waals surface area contributed by atoms with E-state index in [-0.39, 0.29) is 18.0 Å². The maximum atomic E-state index is 12.1. The molecule has 0 fully saturated rings. The first-order valence-corrected chi connectivity index (χ1v) is 7.93. The summed E-state index contributed by atoms with van der Waals surface area (Å²) < 4.78 is 5.13. The number of nitro benzene ring substituents is 1. The molecule has 0 atom stereocenters. The smallest absolute Gasteiger partial charge is 0.271 e. The maximum absolute atomic E-state index is 12.1. The Kier molecular flexibility index (Phi) is 5.87. The van der Waals surface area contributed by atoms with Gasteiger partial charge in [0.15, 0.2) is 0 Å². The number of aryl methyl sites for hydroxylation is 3. The zero-order valence-corrected chi connectivity index (χ0v) is 14.8. The van der Waals surface area contributed by atoms with Crippen LogP contribution in [0.15, 0.2) is 22.7 Å². The van der Waals surface area contributed by atoms with E-state index in [2.05, 4.69) is 10.5 Å². The number of amides is 1. The lowest BCUT2D eigenvalue weighted by Gasteiger charge is -2.16. The first-order chi connectivity index (χ1) is 11.8. The van der Waals surface area contributed by atoms with Crippen LogP contribution in [0.1, 0.15) is 29.0 Å². The van der Waals surface area contributed by atoms with Crippen molar-refractivity contribution < 1.29 is 14.2 Å². The second-order valence-electron chi connectivity index (χ2n) is 6.10. The van der Waals surface area contributed by atoms with E-state index in [1.165, 1.54) is 12.1 Å². The number of hydrogen-bond donors (Lipinski definition) is 1. The van der Waals surface area contributed by atoms with Crippen LogP contribution in [-0.2, 0) is 11.3 Å². The molecule has 0 saturated carbocycles. The summed E-state index contributed by atoms with van der Waals surface area (Å²) in [4.78, 5) is 24.5. The largest absolute Gasteiger partial charge is 0.361 e. The minimum atomic E-state index is -0.480. The lowest BCUT2D eigenvalue weighted by Crippen LogP contribution is -2.24. The normalized spacial score (nSPS) is 10.9. The van der Waals surface area contributed by atoms with Crippen molar-refractivity contribution in [2.75, 3.05) is 18.9 Å². The highest BCUT2D eigenvalue weighted by molar-refractivity contribution is 5.92. The Bertz CT molecular complexity index is 765. The fraction of sp³-hybridized carbons (Fsp3) is 0.412. The van der Waals surface area contributed by atoms with Crippen LogP contribution in [0, 0.1) is 30.9 Å². The Balaban J connectivity index is 1.90. The quantitative estimate of drug-likeness (QED) is 0.611. The Labute approximate surface area is 145 Å². The van der Waals surface area contributed by atoms with Crippen LogP contribution < -0.4 is 5.32 Å². The van der Waals surface area contributed by atoms with Crippen LogP contribution >= 0.6 is 0 Å². The average Bonchev–Trinajstić information content (AvgIpc) is 2.86. The molecule has 0 aliphatic heterocycles. The second kappa shape index (κ2) is 7.89. The van der Waals surface area contributed by atoms with E-state index in [0.717, 1.165) is 22.6 Å². The lowest BCUT2D eigenvalue weighted by atomic mass is 10.1. The molecule has 0 unspecified atom stereocenters. The molecule has 1 heterocycles. The van der Waals surface area contributed by atoms with Crippen LogP contribution in [0.4, 0.5) is 11.4 Å². The molecule has 0 bridgehead atoms.